The molecule has 0 aromatic heterocycles. The monoisotopic (exact) mass is 543 g/mol. The van der Waals surface area contributed by atoms with Crippen molar-refractivity contribution < 1.29 is 24.2 Å². The Morgan fingerprint density at radius 3 is 2.26 bits per heavy atom. The van der Waals surface area contributed by atoms with Crippen LogP contribution in [0.2, 0.25) is 0 Å². The lowest BCUT2D eigenvalue weighted by atomic mass is 9.80. The summed E-state index contributed by atoms with van der Waals surface area (Å²) in [6, 6.07) is 8.53. The summed E-state index contributed by atoms with van der Waals surface area (Å²) in [5.41, 5.74) is 1.04. The predicted molar refractivity (Wildman–Crippen MR) is 152 cm³/mol. The van der Waals surface area contributed by atoms with Crippen molar-refractivity contribution in [3.8, 4) is 0 Å². The van der Waals surface area contributed by atoms with Gasteiger partial charge in [0, 0.05) is 32.1 Å². The van der Waals surface area contributed by atoms with E-state index in [2.05, 4.69) is 16.0 Å². The van der Waals surface area contributed by atoms with E-state index in [0.29, 0.717) is 38.9 Å². The lowest BCUT2D eigenvalue weighted by molar-refractivity contribution is -0.131. The minimum atomic E-state index is -0.843. The number of aliphatic hydroxyl groups excluding tert-OH is 1. The summed E-state index contributed by atoms with van der Waals surface area (Å²) in [5, 5.41) is 20.8. The van der Waals surface area contributed by atoms with Crippen molar-refractivity contribution in [3.63, 3.8) is 0 Å². The highest BCUT2D eigenvalue weighted by Gasteiger charge is 2.34. The number of carbonyl (C=O) groups is 3. The summed E-state index contributed by atoms with van der Waals surface area (Å²) >= 11 is 0. The van der Waals surface area contributed by atoms with E-state index in [1.54, 1.807) is 0 Å². The number of ether oxygens (including phenoxy) is 1. The first-order chi connectivity index (χ1) is 18.8. The number of carbonyl (C=O) groups excluding carboxylic acids is 3. The van der Waals surface area contributed by atoms with Crippen LogP contribution < -0.4 is 16.0 Å². The minimum Gasteiger partial charge on any atom is -0.391 e. The molecule has 5 atom stereocenters. The lowest BCUT2D eigenvalue weighted by Crippen LogP contribution is -2.55. The number of benzene rings is 1. The van der Waals surface area contributed by atoms with E-state index in [-0.39, 0.29) is 41.5 Å². The van der Waals surface area contributed by atoms with Gasteiger partial charge >= 0.3 is 0 Å². The number of hydrogen-bond acceptors (Lipinski definition) is 5. The number of nitrogens with one attached hydrogen (secondary N) is 3. The molecule has 2 fully saturated rings. The van der Waals surface area contributed by atoms with Crippen molar-refractivity contribution >= 4 is 17.7 Å². The summed E-state index contributed by atoms with van der Waals surface area (Å²) in [6.45, 7) is 6.55. The summed E-state index contributed by atoms with van der Waals surface area (Å²) in [5.74, 6) is -0.367. The second-order valence-corrected chi connectivity index (χ2v) is 11.6. The van der Waals surface area contributed by atoms with E-state index in [0.717, 1.165) is 37.7 Å². The molecular weight excluding hydrogens is 494 g/mol. The van der Waals surface area contributed by atoms with Crippen LogP contribution >= 0.6 is 0 Å². The molecule has 1 aromatic carbocycles. The third-order valence-electron chi connectivity index (χ3n) is 8.58. The largest absolute Gasteiger partial charge is 0.391 e. The highest BCUT2D eigenvalue weighted by molar-refractivity contribution is 5.87. The average molecular weight is 544 g/mol. The zero-order valence-corrected chi connectivity index (χ0v) is 24.0. The zero-order chi connectivity index (χ0) is 28.2. The van der Waals surface area contributed by atoms with Gasteiger partial charge in [-0.05, 0) is 55.9 Å². The van der Waals surface area contributed by atoms with Gasteiger partial charge in [0.2, 0.25) is 17.7 Å². The second-order valence-electron chi connectivity index (χ2n) is 11.6. The van der Waals surface area contributed by atoms with Gasteiger partial charge in [-0.25, -0.2) is 0 Å². The van der Waals surface area contributed by atoms with E-state index < -0.39 is 18.2 Å². The SMILES string of the molecule is CC[C@H](C)[C@H](NC(C)=O)C(=O)N[C@H](C[C@H](O)[C@H](Cc1ccccc1)NC(=O)C1CCOCC1)C1CCCCC1. The molecule has 1 aromatic rings. The van der Waals surface area contributed by atoms with Crippen LogP contribution in [0.1, 0.15) is 84.1 Å². The van der Waals surface area contributed by atoms with Gasteiger partial charge in [0.15, 0.2) is 0 Å². The molecule has 4 N–H and O–H groups in total. The molecule has 1 aliphatic heterocycles. The third kappa shape index (κ3) is 9.91. The van der Waals surface area contributed by atoms with Crippen LogP contribution in [0, 0.1) is 17.8 Å². The molecule has 3 rings (SSSR count). The van der Waals surface area contributed by atoms with Crippen LogP contribution in [0.3, 0.4) is 0 Å². The molecule has 1 saturated heterocycles. The van der Waals surface area contributed by atoms with E-state index in [1.165, 1.54) is 13.3 Å². The first-order valence-electron chi connectivity index (χ1n) is 15.0. The van der Waals surface area contributed by atoms with E-state index in [9.17, 15) is 19.5 Å². The lowest BCUT2D eigenvalue weighted by Gasteiger charge is -2.36. The summed E-state index contributed by atoms with van der Waals surface area (Å²) in [6.07, 6.45) is 7.48. The van der Waals surface area contributed by atoms with E-state index in [1.807, 2.05) is 44.2 Å². The summed E-state index contributed by atoms with van der Waals surface area (Å²) < 4.78 is 5.43. The molecular formula is C31H49N3O5. The van der Waals surface area contributed by atoms with Crippen LogP contribution in [-0.4, -0.2) is 60.3 Å². The van der Waals surface area contributed by atoms with Crippen molar-refractivity contribution in [2.24, 2.45) is 17.8 Å². The van der Waals surface area contributed by atoms with Crippen molar-refractivity contribution in [1.29, 1.82) is 0 Å². The van der Waals surface area contributed by atoms with Gasteiger partial charge in [-0.15, -0.1) is 0 Å². The molecule has 39 heavy (non-hydrogen) atoms. The van der Waals surface area contributed by atoms with Gasteiger partial charge in [0.05, 0.1) is 12.1 Å². The van der Waals surface area contributed by atoms with Crippen LogP contribution in [-0.2, 0) is 25.5 Å². The molecule has 8 heteroatoms. The molecule has 0 unspecified atom stereocenters. The molecule has 2 aliphatic rings. The smallest absolute Gasteiger partial charge is 0.243 e. The van der Waals surface area contributed by atoms with Crippen LogP contribution in [0.25, 0.3) is 0 Å². The highest BCUT2D eigenvalue weighted by atomic mass is 16.5. The first-order valence-corrected chi connectivity index (χ1v) is 15.0. The molecule has 3 amide bonds. The first kappa shape index (κ1) is 31.1. The average Bonchev–Trinajstić information content (AvgIpc) is 2.96. The topological polar surface area (TPSA) is 117 Å². The Morgan fingerprint density at radius 1 is 0.974 bits per heavy atom. The highest BCUT2D eigenvalue weighted by Crippen LogP contribution is 2.29. The molecule has 1 saturated carbocycles. The van der Waals surface area contributed by atoms with Gasteiger partial charge in [-0.1, -0.05) is 69.9 Å². The maximum atomic E-state index is 13.5. The Hall–Kier alpha value is -2.45. The zero-order valence-electron chi connectivity index (χ0n) is 24.0. The van der Waals surface area contributed by atoms with Crippen LogP contribution in [0.4, 0.5) is 0 Å². The Bertz CT molecular complexity index is 899. The second kappa shape index (κ2) is 16.0. The Labute approximate surface area is 234 Å². The van der Waals surface area contributed by atoms with Crippen LogP contribution in [0.15, 0.2) is 30.3 Å². The molecule has 0 bridgehead atoms. The van der Waals surface area contributed by atoms with Crippen molar-refractivity contribution in [1.82, 2.24) is 16.0 Å². The maximum absolute atomic E-state index is 13.5. The molecule has 218 valence electrons. The summed E-state index contributed by atoms with van der Waals surface area (Å²) in [4.78, 5) is 38.5. The molecule has 8 nitrogen and oxygen atoms in total. The molecule has 1 aliphatic carbocycles. The van der Waals surface area contributed by atoms with Gasteiger partial charge < -0.3 is 25.8 Å². The van der Waals surface area contributed by atoms with E-state index >= 15 is 0 Å². The predicted octanol–water partition coefficient (Wildman–Crippen LogP) is 3.51. The summed E-state index contributed by atoms with van der Waals surface area (Å²) in [7, 11) is 0. The van der Waals surface area contributed by atoms with Gasteiger partial charge in [0.25, 0.3) is 0 Å². The molecule has 1 heterocycles. The Morgan fingerprint density at radius 2 is 1.64 bits per heavy atom. The fourth-order valence-corrected chi connectivity index (χ4v) is 5.94. The number of rotatable bonds is 13. The van der Waals surface area contributed by atoms with Gasteiger partial charge in [-0.2, -0.15) is 0 Å². The Kier molecular flexibility index (Phi) is 12.7. The van der Waals surface area contributed by atoms with Gasteiger partial charge in [0.1, 0.15) is 6.04 Å². The van der Waals surface area contributed by atoms with E-state index in [4.69, 9.17) is 4.74 Å². The number of aliphatic hydroxyl groups is 1. The van der Waals surface area contributed by atoms with Crippen molar-refractivity contribution in [2.75, 3.05) is 13.2 Å². The number of amides is 3. The molecule has 0 radical (unpaired) electrons. The fourth-order valence-electron chi connectivity index (χ4n) is 5.94. The van der Waals surface area contributed by atoms with Gasteiger partial charge in [-0.3, -0.25) is 14.4 Å². The maximum Gasteiger partial charge on any atom is 0.243 e. The minimum absolute atomic E-state index is 0.0181. The fraction of sp³-hybridized carbons (Fsp3) is 0.710. The normalized spacial score (nSPS) is 20.7. The standard InChI is InChI=1S/C31H49N3O5/c1-4-21(2)29(32-22(3)35)31(38)33-26(24-13-9-6-10-14-24)20-28(36)27(19-23-11-7-5-8-12-23)34-30(37)25-15-17-39-18-16-25/h5,7-8,11-12,21,24-29,36H,4,6,9-10,13-20H2,1-3H3,(H,32,35)(H,33,38)(H,34,37)/t21-,26+,27-,28-,29-/m0/s1. The van der Waals surface area contributed by atoms with Crippen LogP contribution in [0.5, 0.6) is 0 Å². The third-order valence-corrected chi connectivity index (χ3v) is 8.58. The molecule has 0 spiro atoms. The Balaban J connectivity index is 1.78. The van der Waals surface area contributed by atoms with Crippen molar-refractivity contribution in [3.05, 3.63) is 35.9 Å². The quantitative estimate of drug-likeness (QED) is 0.304. The number of hydrogen-bond donors (Lipinski definition) is 4. The van der Waals surface area contributed by atoms with Crippen molar-refractivity contribution in [2.45, 2.75) is 109 Å².